The summed E-state index contributed by atoms with van der Waals surface area (Å²) >= 11 is 5.96. The van der Waals surface area contributed by atoms with Crippen molar-refractivity contribution in [3.05, 3.63) is 0 Å². The van der Waals surface area contributed by atoms with Crippen molar-refractivity contribution in [3.63, 3.8) is 0 Å². The number of nitrogens with zero attached hydrogens (tertiary/aromatic N) is 1. The molecule has 0 bridgehead atoms. The SMILES string of the molecule is CC1CN(S(=O)(=O)C(C)C)CC1Cl. The van der Waals surface area contributed by atoms with E-state index < -0.39 is 10.0 Å². The van der Waals surface area contributed by atoms with Crippen LogP contribution in [0.4, 0.5) is 0 Å². The summed E-state index contributed by atoms with van der Waals surface area (Å²) < 4.78 is 24.9. The fourth-order valence-electron chi connectivity index (χ4n) is 1.39. The molecule has 5 heteroatoms. The maximum absolute atomic E-state index is 11.7. The predicted octanol–water partition coefficient (Wildman–Crippen LogP) is 1.28. The molecule has 1 aliphatic rings. The third-order valence-corrected chi connectivity index (χ3v) is 5.22. The van der Waals surface area contributed by atoms with Gasteiger partial charge in [0.1, 0.15) is 0 Å². The number of hydrogen-bond donors (Lipinski definition) is 0. The van der Waals surface area contributed by atoms with Gasteiger partial charge in [-0.15, -0.1) is 11.6 Å². The standard InChI is InChI=1S/C8H16ClNO2S/c1-6(2)13(11,12)10-4-7(3)8(9)5-10/h6-8H,4-5H2,1-3H3. The lowest BCUT2D eigenvalue weighted by Crippen LogP contribution is -2.34. The molecule has 78 valence electrons. The Morgan fingerprint density at radius 2 is 1.92 bits per heavy atom. The molecule has 2 atom stereocenters. The van der Waals surface area contributed by atoms with E-state index in [0.717, 1.165) is 0 Å². The second-order valence-electron chi connectivity index (χ2n) is 3.90. The van der Waals surface area contributed by atoms with Crippen molar-refractivity contribution in [1.82, 2.24) is 4.31 Å². The van der Waals surface area contributed by atoms with Crippen LogP contribution in [-0.2, 0) is 10.0 Å². The second kappa shape index (κ2) is 3.75. The van der Waals surface area contributed by atoms with Gasteiger partial charge in [0, 0.05) is 13.1 Å². The van der Waals surface area contributed by atoms with Crippen molar-refractivity contribution in [3.8, 4) is 0 Å². The van der Waals surface area contributed by atoms with Gasteiger partial charge in [-0.25, -0.2) is 8.42 Å². The first-order chi connectivity index (χ1) is 5.85. The molecule has 2 unspecified atom stereocenters. The van der Waals surface area contributed by atoms with Crippen LogP contribution in [0.2, 0.25) is 0 Å². The summed E-state index contributed by atoms with van der Waals surface area (Å²) in [6.07, 6.45) is 0. The third-order valence-electron chi connectivity index (χ3n) is 2.44. The normalized spacial score (nSPS) is 31.5. The van der Waals surface area contributed by atoms with Gasteiger partial charge < -0.3 is 0 Å². The molecule has 0 spiro atoms. The van der Waals surface area contributed by atoms with E-state index in [1.807, 2.05) is 6.92 Å². The summed E-state index contributed by atoms with van der Waals surface area (Å²) in [7, 11) is -3.09. The van der Waals surface area contributed by atoms with E-state index in [9.17, 15) is 8.42 Å². The number of halogens is 1. The Labute approximate surface area is 85.1 Å². The molecule has 1 saturated heterocycles. The molecule has 1 rings (SSSR count). The number of alkyl halides is 1. The molecule has 0 radical (unpaired) electrons. The van der Waals surface area contributed by atoms with E-state index in [1.165, 1.54) is 4.31 Å². The Kier molecular flexibility index (Phi) is 3.25. The summed E-state index contributed by atoms with van der Waals surface area (Å²) in [5.41, 5.74) is 0. The topological polar surface area (TPSA) is 37.4 Å². The van der Waals surface area contributed by atoms with Gasteiger partial charge >= 0.3 is 0 Å². The predicted molar refractivity (Wildman–Crippen MR) is 54.4 cm³/mol. The quantitative estimate of drug-likeness (QED) is 0.664. The molecule has 0 aromatic rings. The van der Waals surface area contributed by atoms with Crippen LogP contribution in [0.5, 0.6) is 0 Å². The molecule has 0 amide bonds. The van der Waals surface area contributed by atoms with Crippen LogP contribution in [0, 0.1) is 5.92 Å². The Balaban J connectivity index is 2.77. The Morgan fingerprint density at radius 1 is 1.38 bits per heavy atom. The highest BCUT2D eigenvalue weighted by atomic mass is 35.5. The van der Waals surface area contributed by atoms with E-state index in [4.69, 9.17) is 11.6 Å². The molecule has 0 aromatic heterocycles. The van der Waals surface area contributed by atoms with Gasteiger partial charge in [-0.1, -0.05) is 6.92 Å². The fourth-order valence-corrected chi connectivity index (χ4v) is 3.13. The van der Waals surface area contributed by atoms with Crippen molar-refractivity contribution >= 4 is 21.6 Å². The highest BCUT2D eigenvalue weighted by Gasteiger charge is 2.36. The van der Waals surface area contributed by atoms with Gasteiger partial charge in [-0.2, -0.15) is 4.31 Å². The number of rotatable bonds is 2. The average molecular weight is 226 g/mol. The van der Waals surface area contributed by atoms with Gasteiger partial charge in [0.25, 0.3) is 0 Å². The van der Waals surface area contributed by atoms with Crippen molar-refractivity contribution in [2.75, 3.05) is 13.1 Å². The Hall–Kier alpha value is 0.200. The summed E-state index contributed by atoms with van der Waals surface area (Å²) in [6.45, 7) is 6.40. The summed E-state index contributed by atoms with van der Waals surface area (Å²) in [5, 5.41) is -0.379. The minimum Gasteiger partial charge on any atom is -0.212 e. The summed E-state index contributed by atoms with van der Waals surface area (Å²) in [4.78, 5) is 0. The van der Waals surface area contributed by atoms with Crippen molar-refractivity contribution in [2.45, 2.75) is 31.4 Å². The van der Waals surface area contributed by atoms with Crippen molar-refractivity contribution in [2.24, 2.45) is 5.92 Å². The Bertz CT molecular complexity index is 266. The first kappa shape index (κ1) is 11.3. The first-order valence-electron chi connectivity index (χ1n) is 4.48. The van der Waals surface area contributed by atoms with E-state index >= 15 is 0 Å². The highest BCUT2D eigenvalue weighted by molar-refractivity contribution is 7.89. The molecule has 13 heavy (non-hydrogen) atoms. The molecule has 1 fully saturated rings. The van der Waals surface area contributed by atoms with Crippen molar-refractivity contribution in [1.29, 1.82) is 0 Å². The van der Waals surface area contributed by atoms with E-state index in [-0.39, 0.29) is 16.5 Å². The van der Waals surface area contributed by atoms with Gasteiger partial charge in [-0.3, -0.25) is 0 Å². The molecular weight excluding hydrogens is 210 g/mol. The lowest BCUT2D eigenvalue weighted by Gasteiger charge is -2.18. The van der Waals surface area contributed by atoms with Crippen LogP contribution in [0.3, 0.4) is 0 Å². The van der Waals surface area contributed by atoms with Crippen LogP contribution in [0.15, 0.2) is 0 Å². The van der Waals surface area contributed by atoms with Gasteiger partial charge in [0.2, 0.25) is 10.0 Å². The zero-order valence-corrected chi connectivity index (χ0v) is 9.77. The van der Waals surface area contributed by atoms with Crippen LogP contribution in [0.1, 0.15) is 20.8 Å². The van der Waals surface area contributed by atoms with Gasteiger partial charge in [0.05, 0.1) is 10.6 Å². The monoisotopic (exact) mass is 225 g/mol. The van der Waals surface area contributed by atoms with Crippen LogP contribution < -0.4 is 0 Å². The highest BCUT2D eigenvalue weighted by Crippen LogP contribution is 2.25. The maximum Gasteiger partial charge on any atom is 0.216 e. The molecule has 0 N–H and O–H groups in total. The lowest BCUT2D eigenvalue weighted by atomic mass is 10.2. The van der Waals surface area contributed by atoms with E-state index in [2.05, 4.69) is 0 Å². The smallest absolute Gasteiger partial charge is 0.212 e. The largest absolute Gasteiger partial charge is 0.216 e. The average Bonchev–Trinajstić information content (AvgIpc) is 2.32. The van der Waals surface area contributed by atoms with Crippen molar-refractivity contribution < 1.29 is 8.42 Å². The van der Waals surface area contributed by atoms with Crippen LogP contribution >= 0.6 is 11.6 Å². The lowest BCUT2D eigenvalue weighted by molar-refractivity contribution is 0.458. The summed E-state index contributed by atoms with van der Waals surface area (Å²) in [6, 6.07) is 0. The van der Waals surface area contributed by atoms with E-state index in [1.54, 1.807) is 13.8 Å². The maximum atomic E-state index is 11.7. The van der Waals surface area contributed by atoms with Gasteiger partial charge in [-0.05, 0) is 19.8 Å². The van der Waals surface area contributed by atoms with E-state index in [0.29, 0.717) is 13.1 Å². The summed E-state index contributed by atoms with van der Waals surface area (Å²) in [5.74, 6) is 0.259. The number of hydrogen-bond acceptors (Lipinski definition) is 2. The Morgan fingerprint density at radius 3 is 2.23 bits per heavy atom. The number of sulfonamides is 1. The van der Waals surface area contributed by atoms with Crippen LogP contribution in [0.25, 0.3) is 0 Å². The zero-order valence-electron chi connectivity index (χ0n) is 8.20. The molecular formula is C8H16ClNO2S. The second-order valence-corrected chi connectivity index (χ2v) is 6.95. The molecule has 0 aliphatic carbocycles. The fraction of sp³-hybridized carbons (Fsp3) is 1.00. The van der Waals surface area contributed by atoms with Crippen LogP contribution in [-0.4, -0.2) is 36.4 Å². The molecule has 0 saturated carbocycles. The minimum atomic E-state index is -3.09. The molecule has 1 aliphatic heterocycles. The third kappa shape index (κ3) is 2.17. The minimum absolute atomic E-state index is 0.0338. The molecule has 3 nitrogen and oxygen atoms in total. The first-order valence-corrected chi connectivity index (χ1v) is 6.42. The zero-order chi connectivity index (χ0) is 10.2. The molecule has 1 heterocycles. The molecule has 0 aromatic carbocycles. The van der Waals surface area contributed by atoms with Gasteiger partial charge in [0.15, 0.2) is 0 Å².